The molecule has 3 nitrogen and oxygen atoms in total. The molecule has 1 heterocycles. The Morgan fingerprint density at radius 2 is 1.87 bits per heavy atom. The van der Waals surface area contributed by atoms with E-state index in [-0.39, 0.29) is 5.41 Å². The smallest absolute Gasteiger partial charge is 0.0512 e. The largest absolute Gasteiger partial charge is 0.396 e. The third-order valence-electron chi connectivity index (χ3n) is 3.35. The van der Waals surface area contributed by atoms with Crippen LogP contribution in [0.5, 0.6) is 0 Å². The number of hydrogen-bond acceptors (Lipinski definition) is 3. The minimum atomic E-state index is 0.173. The molecular weight excluding hydrogens is 188 g/mol. The van der Waals surface area contributed by atoms with E-state index in [9.17, 15) is 5.11 Å². The van der Waals surface area contributed by atoms with E-state index < -0.39 is 0 Å². The van der Waals surface area contributed by atoms with Gasteiger partial charge >= 0.3 is 0 Å². The summed E-state index contributed by atoms with van der Waals surface area (Å²) in [4.78, 5) is 2.42. The molecule has 0 unspecified atom stereocenters. The van der Waals surface area contributed by atoms with E-state index in [4.69, 9.17) is 0 Å². The van der Waals surface area contributed by atoms with Crippen LogP contribution >= 0.6 is 0 Å². The monoisotopic (exact) mass is 214 g/mol. The van der Waals surface area contributed by atoms with Crippen LogP contribution in [0.15, 0.2) is 0 Å². The first-order valence-electron chi connectivity index (χ1n) is 6.07. The molecule has 1 fully saturated rings. The average Bonchev–Trinajstić information content (AvgIpc) is 2.08. The zero-order valence-corrected chi connectivity index (χ0v) is 10.6. The zero-order chi connectivity index (χ0) is 11.5. The van der Waals surface area contributed by atoms with Gasteiger partial charge in [0.05, 0.1) is 6.61 Å². The lowest BCUT2D eigenvalue weighted by Gasteiger charge is -2.51. The summed E-state index contributed by atoms with van der Waals surface area (Å²) in [6.07, 6.45) is 1.09. The van der Waals surface area contributed by atoms with Gasteiger partial charge in [-0.05, 0) is 26.8 Å². The minimum Gasteiger partial charge on any atom is -0.396 e. The Morgan fingerprint density at radius 3 is 2.27 bits per heavy atom. The van der Waals surface area contributed by atoms with E-state index >= 15 is 0 Å². The highest BCUT2D eigenvalue weighted by Gasteiger charge is 2.42. The van der Waals surface area contributed by atoms with Crippen LogP contribution in [0, 0.1) is 5.41 Å². The van der Waals surface area contributed by atoms with E-state index in [0.29, 0.717) is 18.7 Å². The van der Waals surface area contributed by atoms with E-state index in [2.05, 4.69) is 37.9 Å². The number of nitrogens with one attached hydrogen (secondary N) is 1. The molecule has 0 radical (unpaired) electrons. The molecule has 1 aliphatic heterocycles. The highest BCUT2D eigenvalue weighted by molar-refractivity contribution is 4.96. The summed E-state index contributed by atoms with van der Waals surface area (Å²) < 4.78 is 0. The molecule has 1 rings (SSSR count). The SMILES string of the molecule is CC(C)NCCC1(CO)CN(C(C)C)C1. The van der Waals surface area contributed by atoms with E-state index in [0.717, 1.165) is 26.1 Å². The molecule has 0 saturated carbocycles. The number of likely N-dealkylation sites (tertiary alicyclic amines) is 1. The van der Waals surface area contributed by atoms with Crippen LogP contribution in [-0.4, -0.2) is 48.3 Å². The normalized spacial score (nSPS) is 21.0. The lowest BCUT2D eigenvalue weighted by atomic mass is 9.77. The Balaban J connectivity index is 2.26. The van der Waals surface area contributed by atoms with Crippen molar-refractivity contribution in [3.8, 4) is 0 Å². The zero-order valence-electron chi connectivity index (χ0n) is 10.6. The summed E-state index contributed by atoms with van der Waals surface area (Å²) in [5, 5.41) is 12.9. The summed E-state index contributed by atoms with van der Waals surface area (Å²) in [6, 6.07) is 1.16. The third-order valence-corrected chi connectivity index (χ3v) is 3.35. The molecule has 3 heteroatoms. The summed E-state index contributed by atoms with van der Waals surface area (Å²) in [5.74, 6) is 0. The lowest BCUT2D eigenvalue weighted by Crippen LogP contribution is -2.61. The van der Waals surface area contributed by atoms with Gasteiger partial charge in [-0.15, -0.1) is 0 Å². The lowest BCUT2D eigenvalue weighted by molar-refractivity contribution is -0.0625. The Labute approximate surface area is 93.9 Å². The van der Waals surface area contributed by atoms with E-state index in [1.54, 1.807) is 0 Å². The highest BCUT2D eigenvalue weighted by atomic mass is 16.3. The standard InChI is InChI=1S/C12H26N2O/c1-10(2)13-6-5-12(9-15)7-14(8-12)11(3)4/h10-11,13,15H,5-9H2,1-4H3. The van der Waals surface area contributed by atoms with Gasteiger partial charge in [0.1, 0.15) is 0 Å². The predicted molar refractivity (Wildman–Crippen MR) is 64.0 cm³/mol. The van der Waals surface area contributed by atoms with Crippen molar-refractivity contribution in [1.29, 1.82) is 0 Å². The van der Waals surface area contributed by atoms with E-state index in [1.807, 2.05) is 0 Å². The second-order valence-electron chi connectivity index (χ2n) is 5.52. The molecule has 0 bridgehead atoms. The van der Waals surface area contributed by atoms with Crippen LogP contribution in [-0.2, 0) is 0 Å². The van der Waals surface area contributed by atoms with Crippen molar-refractivity contribution in [1.82, 2.24) is 10.2 Å². The Kier molecular flexibility index (Phi) is 4.56. The topological polar surface area (TPSA) is 35.5 Å². The fourth-order valence-electron chi connectivity index (χ4n) is 2.14. The van der Waals surface area contributed by atoms with Gasteiger partial charge in [0.15, 0.2) is 0 Å². The molecule has 1 saturated heterocycles. The number of aliphatic hydroxyl groups excluding tert-OH is 1. The van der Waals surface area contributed by atoms with Gasteiger partial charge in [-0.25, -0.2) is 0 Å². The van der Waals surface area contributed by atoms with Gasteiger partial charge in [-0.1, -0.05) is 13.8 Å². The van der Waals surface area contributed by atoms with Crippen LogP contribution in [0.2, 0.25) is 0 Å². The van der Waals surface area contributed by atoms with Crippen LogP contribution in [0.4, 0.5) is 0 Å². The van der Waals surface area contributed by atoms with Crippen molar-refractivity contribution in [3.05, 3.63) is 0 Å². The number of hydrogen-bond donors (Lipinski definition) is 2. The van der Waals surface area contributed by atoms with Gasteiger partial charge in [-0.3, -0.25) is 4.90 Å². The quantitative estimate of drug-likeness (QED) is 0.694. The second-order valence-corrected chi connectivity index (χ2v) is 5.52. The molecule has 1 aliphatic rings. The van der Waals surface area contributed by atoms with Crippen LogP contribution in [0.25, 0.3) is 0 Å². The maximum absolute atomic E-state index is 9.45. The van der Waals surface area contributed by atoms with Crippen molar-refractivity contribution in [2.45, 2.75) is 46.2 Å². The van der Waals surface area contributed by atoms with Crippen molar-refractivity contribution < 1.29 is 5.11 Å². The summed E-state index contributed by atoms with van der Waals surface area (Å²) >= 11 is 0. The van der Waals surface area contributed by atoms with Crippen molar-refractivity contribution in [3.63, 3.8) is 0 Å². The molecule has 0 aliphatic carbocycles. The fraction of sp³-hybridized carbons (Fsp3) is 1.00. The Morgan fingerprint density at radius 1 is 1.27 bits per heavy atom. The van der Waals surface area contributed by atoms with Crippen LogP contribution < -0.4 is 5.32 Å². The minimum absolute atomic E-state index is 0.173. The second kappa shape index (κ2) is 5.28. The molecule has 0 atom stereocenters. The number of nitrogens with zero attached hydrogens (tertiary/aromatic N) is 1. The molecule has 90 valence electrons. The van der Waals surface area contributed by atoms with Crippen molar-refractivity contribution in [2.24, 2.45) is 5.41 Å². The highest BCUT2D eigenvalue weighted by Crippen LogP contribution is 2.34. The molecule has 0 aromatic rings. The van der Waals surface area contributed by atoms with Gasteiger partial charge in [0, 0.05) is 30.6 Å². The van der Waals surface area contributed by atoms with Gasteiger partial charge < -0.3 is 10.4 Å². The van der Waals surface area contributed by atoms with Crippen molar-refractivity contribution >= 4 is 0 Å². The fourth-order valence-corrected chi connectivity index (χ4v) is 2.14. The molecule has 2 N–H and O–H groups in total. The summed E-state index contributed by atoms with van der Waals surface area (Å²) in [6.45, 7) is 12.2. The van der Waals surface area contributed by atoms with Crippen molar-refractivity contribution in [2.75, 3.05) is 26.2 Å². The summed E-state index contributed by atoms with van der Waals surface area (Å²) in [5.41, 5.74) is 0.173. The van der Waals surface area contributed by atoms with Gasteiger partial charge in [0.25, 0.3) is 0 Å². The molecule has 0 amide bonds. The summed E-state index contributed by atoms with van der Waals surface area (Å²) in [7, 11) is 0. The molecule has 15 heavy (non-hydrogen) atoms. The molecule has 0 spiro atoms. The van der Waals surface area contributed by atoms with Gasteiger partial charge in [-0.2, -0.15) is 0 Å². The maximum Gasteiger partial charge on any atom is 0.0512 e. The van der Waals surface area contributed by atoms with Crippen LogP contribution in [0.3, 0.4) is 0 Å². The number of aliphatic hydroxyl groups is 1. The Hall–Kier alpha value is -0.120. The first-order chi connectivity index (χ1) is 6.99. The molecule has 0 aromatic heterocycles. The average molecular weight is 214 g/mol. The molecule has 0 aromatic carbocycles. The predicted octanol–water partition coefficient (Wildman–Crippen LogP) is 1.08. The maximum atomic E-state index is 9.45. The third kappa shape index (κ3) is 3.44. The molecular formula is C12H26N2O. The first kappa shape index (κ1) is 12.9. The Bertz CT molecular complexity index is 186. The first-order valence-corrected chi connectivity index (χ1v) is 6.07. The van der Waals surface area contributed by atoms with Crippen LogP contribution in [0.1, 0.15) is 34.1 Å². The number of rotatable bonds is 6. The van der Waals surface area contributed by atoms with Gasteiger partial charge in [0.2, 0.25) is 0 Å². The van der Waals surface area contributed by atoms with E-state index in [1.165, 1.54) is 0 Å².